The van der Waals surface area contributed by atoms with Crippen LogP contribution in [0.1, 0.15) is 32.1 Å². The van der Waals surface area contributed by atoms with E-state index in [4.69, 9.17) is 11.0 Å². The van der Waals surface area contributed by atoms with E-state index in [1.165, 1.54) is 4.88 Å². The summed E-state index contributed by atoms with van der Waals surface area (Å²) in [5, 5.41) is 9.92. The molecule has 0 aliphatic rings. The number of hydrogen-bond donors (Lipinski definition) is 1. The Morgan fingerprint density at radius 2 is 2.19 bits per heavy atom. The van der Waals surface area contributed by atoms with Crippen molar-refractivity contribution in [3.63, 3.8) is 0 Å². The molecule has 0 spiro atoms. The Labute approximate surface area is 129 Å². The lowest BCUT2D eigenvalue weighted by Gasteiger charge is -2.25. The summed E-state index contributed by atoms with van der Waals surface area (Å²) in [5.41, 5.74) is 5.87. The molecule has 112 valence electrons. The molecule has 0 unspecified atom stereocenters. The second kappa shape index (κ2) is 6.72. The molecule has 21 heavy (non-hydrogen) atoms. The van der Waals surface area contributed by atoms with Crippen LogP contribution in [0.4, 0.5) is 11.8 Å². The third-order valence-electron chi connectivity index (χ3n) is 3.17. The van der Waals surface area contributed by atoms with E-state index in [9.17, 15) is 0 Å². The van der Waals surface area contributed by atoms with Crippen LogP contribution in [-0.4, -0.2) is 23.1 Å². The number of aromatic nitrogens is 2. The average Bonchev–Trinajstić information content (AvgIpc) is 2.85. The Hall–Kier alpha value is -1.87. The van der Waals surface area contributed by atoms with Crippen LogP contribution in [0.25, 0.3) is 10.2 Å². The number of nitrogens with zero attached hydrogens (tertiary/aromatic N) is 4. The predicted octanol–water partition coefficient (Wildman–Crippen LogP) is 3.21. The van der Waals surface area contributed by atoms with E-state index in [1.54, 1.807) is 11.3 Å². The molecule has 0 saturated carbocycles. The smallest absolute Gasteiger partial charge is 0.223 e. The Kier molecular flexibility index (Phi) is 4.97. The molecule has 0 aliphatic heterocycles. The number of nitrogens with two attached hydrogens (primary N) is 1. The molecule has 0 atom stereocenters. The third-order valence-corrected chi connectivity index (χ3v) is 4.34. The Morgan fingerprint density at radius 1 is 1.43 bits per heavy atom. The van der Waals surface area contributed by atoms with Crippen LogP contribution < -0.4 is 10.6 Å². The fraction of sp³-hybridized carbons (Fsp3) is 0.533. The van der Waals surface area contributed by atoms with Gasteiger partial charge in [0.15, 0.2) is 0 Å². The third kappa shape index (κ3) is 3.61. The van der Waals surface area contributed by atoms with Crippen molar-refractivity contribution < 1.29 is 0 Å². The molecule has 2 aromatic heterocycles. The summed E-state index contributed by atoms with van der Waals surface area (Å²) in [6.45, 7) is 7.96. The topological polar surface area (TPSA) is 78.8 Å². The fourth-order valence-corrected chi connectivity index (χ4v) is 3.27. The molecule has 2 rings (SSSR count). The molecular weight excluding hydrogens is 282 g/mol. The van der Waals surface area contributed by atoms with E-state index in [0.29, 0.717) is 24.8 Å². The maximum Gasteiger partial charge on any atom is 0.223 e. The highest BCUT2D eigenvalue weighted by molar-refractivity contribution is 7.18. The number of aryl methyl sites for hydroxylation is 1. The molecule has 0 bridgehead atoms. The number of nitrogen functional groups attached to an aromatic ring is 1. The second-order valence-corrected chi connectivity index (χ2v) is 6.55. The number of thiophene rings is 1. The van der Waals surface area contributed by atoms with E-state index in [0.717, 1.165) is 29.0 Å². The highest BCUT2D eigenvalue weighted by Crippen LogP contribution is 2.32. The van der Waals surface area contributed by atoms with Gasteiger partial charge in [0.1, 0.15) is 10.6 Å². The van der Waals surface area contributed by atoms with Gasteiger partial charge in [-0.3, -0.25) is 0 Å². The van der Waals surface area contributed by atoms with Gasteiger partial charge in [0.25, 0.3) is 0 Å². The van der Waals surface area contributed by atoms with Crippen molar-refractivity contribution in [1.29, 1.82) is 5.26 Å². The summed E-state index contributed by atoms with van der Waals surface area (Å²) in [5.74, 6) is 1.64. The van der Waals surface area contributed by atoms with Crippen LogP contribution in [0, 0.1) is 17.2 Å². The minimum Gasteiger partial charge on any atom is -0.368 e. The first-order valence-electron chi connectivity index (χ1n) is 7.23. The van der Waals surface area contributed by atoms with Crippen LogP contribution in [0.5, 0.6) is 0 Å². The normalized spacial score (nSPS) is 11.0. The van der Waals surface area contributed by atoms with Crippen molar-refractivity contribution in [3.05, 3.63) is 10.9 Å². The van der Waals surface area contributed by atoms with Crippen LogP contribution in [-0.2, 0) is 6.42 Å². The average molecular weight is 303 g/mol. The van der Waals surface area contributed by atoms with E-state index in [2.05, 4.69) is 47.8 Å². The lowest BCUT2D eigenvalue weighted by atomic mass is 10.2. The van der Waals surface area contributed by atoms with Gasteiger partial charge in [-0.2, -0.15) is 10.2 Å². The van der Waals surface area contributed by atoms with Gasteiger partial charge in [-0.25, -0.2) is 4.98 Å². The standard InChI is InChI=1S/C15H21N5S/c1-4-11-8-12-13(18-15(17)19-14(12)21-11)20(7-5-6-16)9-10(2)3/h8,10H,4-5,7,9H2,1-3H3,(H2,17,18,19). The lowest BCUT2D eigenvalue weighted by molar-refractivity contribution is 0.609. The first kappa shape index (κ1) is 15.5. The molecule has 0 aromatic carbocycles. The highest BCUT2D eigenvalue weighted by Gasteiger charge is 2.17. The highest BCUT2D eigenvalue weighted by atomic mass is 32.1. The molecule has 2 heterocycles. The maximum absolute atomic E-state index is 8.87. The molecule has 0 saturated heterocycles. The maximum atomic E-state index is 8.87. The minimum atomic E-state index is 0.299. The van der Waals surface area contributed by atoms with Gasteiger partial charge in [0, 0.05) is 18.0 Å². The molecular formula is C15H21N5S. The molecule has 2 aromatic rings. The van der Waals surface area contributed by atoms with Crippen molar-refractivity contribution >= 4 is 33.3 Å². The number of hydrogen-bond acceptors (Lipinski definition) is 6. The summed E-state index contributed by atoms with van der Waals surface area (Å²) in [7, 11) is 0. The molecule has 0 fully saturated rings. The number of anilines is 2. The summed E-state index contributed by atoms with van der Waals surface area (Å²) in [6, 6.07) is 4.35. The molecule has 0 aliphatic carbocycles. The second-order valence-electron chi connectivity index (χ2n) is 5.44. The van der Waals surface area contributed by atoms with Gasteiger partial charge < -0.3 is 10.6 Å². The van der Waals surface area contributed by atoms with Gasteiger partial charge in [-0.15, -0.1) is 11.3 Å². The Morgan fingerprint density at radius 3 is 2.81 bits per heavy atom. The van der Waals surface area contributed by atoms with Crippen molar-refractivity contribution in [2.75, 3.05) is 23.7 Å². The molecule has 2 N–H and O–H groups in total. The lowest BCUT2D eigenvalue weighted by Crippen LogP contribution is -2.29. The van der Waals surface area contributed by atoms with Gasteiger partial charge in [-0.05, 0) is 18.4 Å². The number of nitriles is 1. The zero-order valence-corrected chi connectivity index (χ0v) is 13.6. The largest absolute Gasteiger partial charge is 0.368 e. The van der Waals surface area contributed by atoms with Crippen LogP contribution in [0.2, 0.25) is 0 Å². The number of fused-ring (bicyclic) bond motifs is 1. The predicted molar refractivity (Wildman–Crippen MR) is 88.5 cm³/mol. The monoisotopic (exact) mass is 303 g/mol. The first-order valence-corrected chi connectivity index (χ1v) is 8.04. The zero-order valence-electron chi connectivity index (χ0n) is 12.8. The van der Waals surface area contributed by atoms with Crippen LogP contribution in [0.3, 0.4) is 0 Å². The van der Waals surface area contributed by atoms with Gasteiger partial charge in [0.2, 0.25) is 5.95 Å². The van der Waals surface area contributed by atoms with Crippen molar-refractivity contribution in [1.82, 2.24) is 9.97 Å². The Balaban J connectivity index is 2.49. The van der Waals surface area contributed by atoms with Gasteiger partial charge in [0.05, 0.1) is 17.9 Å². The van der Waals surface area contributed by atoms with E-state index < -0.39 is 0 Å². The van der Waals surface area contributed by atoms with E-state index in [-0.39, 0.29) is 0 Å². The quantitative estimate of drug-likeness (QED) is 0.886. The summed E-state index contributed by atoms with van der Waals surface area (Å²) in [6.07, 6.45) is 1.45. The van der Waals surface area contributed by atoms with Crippen molar-refractivity contribution in [2.45, 2.75) is 33.6 Å². The van der Waals surface area contributed by atoms with Crippen molar-refractivity contribution in [2.24, 2.45) is 5.92 Å². The van der Waals surface area contributed by atoms with Crippen LogP contribution >= 0.6 is 11.3 Å². The Bertz CT molecular complexity index is 656. The first-order chi connectivity index (χ1) is 10.0. The molecule has 0 amide bonds. The van der Waals surface area contributed by atoms with E-state index >= 15 is 0 Å². The van der Waals surface area contributed by atoms with Crippen molar-refractivity contribution in [3.8, 4) is 6.07 Å². The van der Waals surface area contributed by atoms with Crippen LogP contribution in [0.15, 0.2) is 6.07 Å². The number of rotatable bonds is 6. The molecule has 0 radical (unpaired) electrons. The SMILES string of the molecule is CCc1cc2c(N(CCC#N)CC(C)C)nc(N)nc2s1. The zero-order chi connectivity index (χ0) is 15.4. The summed E-state index contributed by atoms with van der Waals surface area (Å²) in [4.78, 5) is 13.1. The fourth-order valence-electron chi connectivity index (χ4n) is 2.30. The van der Waals surface area contributed by atoms with Gasteiger partial charge in [-0.1, -0.05) is 20.8 Å². The van der Waals surface area contributed by atoms with E-state index in [1.807, 2.05) is 0 Å². The minimum absolute atomic E-state index is 0.299. The molecule has 6 heteroatoms. The summed E-state index contributed by atoms with van der Waals surface area (Å²) < 4.78 is 0. The van der Waals surface area contributed by atoms with Gasteiger partial charge >= 0.3 is 0 Å². The molecule has 5 nitrogen and oxygen atoms in total. The summed E-state index contributed by atoms with van der Waals surface area (Å²) >= 11 is 1.66.